The van der Waals surface area contributed by atoms with E-state index < -0.39 is 0 Å². The summed E-state index contributed by atoms with van der Waals surface area (Å²) in [5.41, 5.74) is 3.30. The molecule has 1 aliphatic carbocycles. The molecule has 0 unspecified atom stereocenters. The average Bonchev–Trinajstić information content (AvgIpc) is 2.72. The Morgan fingerprint density at radius 3 is 2.42 bits per heavy atom. The third-order valence-corrected chi connectivity index (χ3v) is 5.35. The van der Waals surface area contributed by atoms with Gasteiger partial charge in [-0.05, 0) is 56.0 Å². The van der Waals surface area contributed by atoms with Gasteiger partial charge in [0.15, 0.2) is 0 Å². The van der Waals surface area contributed by atoms with Gasteiger partial charge in [0.1, 0.15) is 5.75 Å². The fourth-order valence-electron chi connectivity index (χ4n) is 3.70. The molecule has 0 bridgehead atoms. The van der Waals surface area contributed by atoms with Gasteiger partial charge in [0.2, 0.25) is 5.91 Å². The first-order valence-electron chi connectivity index (χ1n) is 9.38. The van der Waals surface area contributed by atoms with E-state index in [1.165, 1.54) is 0 Å². The van der Waals surface area contributed by atoms with Gasteiger partial charge in [-0.1, -0.05) is 36.4 Å². The number of carbonyl (C=O) groups is 1. The summed E-state index contributed by atoms with van der Waals surface area (Å²) in [4.78, 5) is 12.5. The molecule has 26 heavy (non-hydrogen) atoms. The Kier molecular flexibility index (Phi) is 6.29. The smallest absolute Gasteiger partial charge is 0.223 e. The van der Waals surface area contributed by atoms with Gasteiger partial charge in [-0.15, -0.1) is 0 Å². The molecule has 2 aromatic rings. The van der Waals surface area contributed by atoms with Crippen molar-refractivity contribution in [1.29, 1.82) is 0 Å². The normalized spacial score (nSPS) is 19.8. The molecular formula is C22H28N2O2. The van der Waals surface area contributed by atoms with Gasteiger partial charge in [0, 0.05) is 24.1 Å². The van der Waals surface area contributed by atoms with Gasteiger partial charge in [-0.3, -0.25) is 4.79 Å². The third kappa shape index (κ3) is 4.44. The van der Waals surface area contributed by atoms with Gasteiger partial charge in [-0.25, -0.2) is 0 Å². The Balaban J connectivity index is 1.66. The quantitative estimate of drug-likeness (QED) is 0.832. The van der Waals surface area contributed by atoms with E-state index in [-0.39, 0.29) is 11.8 Å². The van der Waals surface area contributed by atoms with Crippen LogP contribution in [0.3, 0.4) is 0 Å². The fourth-order valence-corrected chi connectivity index (χ4v) is 3.70. The topological polar surface area (TPSA) is 50.4 Å². The van der Waals surface area contributed by atoms with Crippen LogP contribution in [0.5, 0.6) is 5.75 Å². The monoisotopic (exact) mass is 352 g/mol. The fraction of sp³-hybridized carbons (Fsp3) is 0.409. The molecule has 0 aromatic heterocycles. The molecule has 4 heteroatoms. The number of ether oxygens (including phenoxy) is 1. The SMILES string of the molecule is CNC1CCC(C(=O)NCc2cc(-c3ccccc3)ccc2OC)CC1. The lowest BCUT2D eigenvalue weighted by Crippen LogP contribution is -2.37. The van der Waals surface area contributed by atoms with Crippen molar-refractivity contribution in [3.63, 3.8) is 0 Å². The molecule has 0 heterocycles. The third-order valence-electron chi connectivity index (χ3n) is 5.35. The lowest BCUT2D eigenvalue weighted by Gasteiger charge is -2.27. The molecule has 1 saturated carbocycles. The summed E-state index contributed by atoms with van der Waals surface area (Å²) in [6.45, 7) is 0.495. The van der Waals surface area contributed by atoms with Crippen LogP contribution < -0.4 is 15.4 Å². The highest BCUT2D eigenvalue weighted by atomic mass is 16.5. The van der Waals surface area contributed by atoms with Crippen LogP contribution >= 0.6 is 0 Å². The van der Waals surface area contributed by atoms with Crippen molar-refractivity contribution >= 4 is 5.91 Å². The standard InChI is InChI=1S/C22H28N2O2/c1-23-20-11-8-17(9-12-20)22(25)24-15-19-14-18(10-13-21(19)26-2)16-6-4-3-5-7-16/h3-7,10,13-14,17,20,23H,8-9,11-12,15H2,1-2H3,(H,24,25). The maximum absolute atomic E-state index is 12.5. The van der Waals surface area contributed by atoms with Crippen LogP contribution in [-0.4, -0.2) is 26.1 Å². The van der Waals surface area contributed by atoms with E-state index in [1.54, 1.807) is 7.11 Å². The van der Waals surface area contributed by atoms with Crippen LogP contribution in [0.15, 0.2) is 48.5 Å². The van der Waals surface area contributed by atoms with E-state index in [1.807, 2.05) is 31.3 Å². The van der Waals surface area contributed by atoms with Crippen molar-refractivity contribution in [2.45, 2.75) is 38.3 Å². The lowest BCUT2D eigenvalue weighted by atomic mass is 9.85. The summed E-state index contributed by atoms with van der Waals surface area (Å²) < 4.78 is 5.48. The van der Waals surface area contributed by atoms with Crippen molar-refractivity contribution in [2.75, 3.05) is 14.2 Å². The van der Waals surface area contributed by atoms with Crippen molar-refractivity contribution in [3.05, 3.63) is 54.1 Å². The van der Waals surface area contributed by atoms with E-state index in [0.717, 1.165) is 48.1 Å². The molecule has 1 aliphatic rings. The van der Waals surface area contributed by atoms with E-state index in [4.69, 9.17) is 4.74 Å². The maximum atomic E-state index is 12.5. The average molecular weight is 352 g/mol. The molecule has 2 N–H and O–H groups in total. The number of methoxy groups -OCH3 is 1. The van der Waals surface area contributed by atoms with Crippen LogP contribution in [0, 0.1) is 5.92 Å². The molecule has 4 nitrogen and oxygen atoms in total. The zero-order valence-electron chi connectivity index (χ0n) is 15.6. The van der Waals surface area contributed by atoms with Gasteiger partial charge in [0.05, 0.1) is 7.11 Å². The largest absolute Gasteiger partial charge is 0.496 e. The second-order valence-electron chi connectivity index (χ2n) is 6.95. The summed E-state index contributed by atoms with van der Waals surface area (Å²) in [6.07, 6.45) is 4.06. The van der Waals surface area contributed by atoms with Gasteiger partial charge < -0.3 is 15.4 Å². The number of rotatable bonds is 6. The Morgan fingerprint density at radius 1 is 1.04 bits per heavy atom. The Hall–Kier alpha value is -2.33. The molecule has 0 spiro atoms. The van der Waals surface area contributed by atoms with Gasteiger partial charge >= 0.3 is 0 Å². The van der Waals surface area contributed by atoms with Gasteiger partial charge in [-0.2, -0.15) is 0 Å². The van der Waals surface area contributed by atoms with Crippen molar-refractivity contribution in [2.24, 2.45) is 5.92 Å². The Bertz CT molecular complexity index is 722. The first-order valence-corrected chi connectivity index (χ1v) is 9.38. The highest BCUT2D eigenvalue weighted by molar-refractivity contribution is 5.79. The molecule has 3 rings (SSSR count). The zero-order chi connectivity index (χ0) is 18.4. The predicted molar refractivity (Wildman–Crippen MR) is 105 cm³/mol. The molecule has 138 valence electrons. The van der Waals surface area contributed by atoms with Crippen LogP contribution in [0.2, 0.25) is 0 Å². The maximum Gasteiger partial charge on any atom is 0.223 e. The second-order valence-corrected chi connectivity index (χ2v) is 6.95. The molecule has 0 saturated heterocycles. The summed E-state index contributed by atoms with van der Waals surface area (Å²) in [5, 5.41) is 6.43. The summed E-state index contributed by atoms with van der Waals surface area (Å²) in [5.74, 6) is 1.10. The number of hydrogen-bond donors (Lipinski definition) is 2. The number of amides is 1. The minimum Gasteiger partial charge on any atom is -0.496 e. The number of hydrogen-bond acceptors (Lipinski definition) is 3. The van der Waals surface area contributed by atoms with E-state index in [2.05, 4.69) is 34.9 Å². The lowest BCUT2D eigenvalue weighted by molar-refractivity contribution is -0.126. The van der Waals surface area contributed by atoms with Crippen LogP contribution in [0.4, 0.5) is 0 Å². The van der Waals surface area contributed by atoms with E-state index >= 15 is 0 Å². The Labute approximate surface area is 156 Å². The number of nitrogens with one attached hydrogen (secondary N) is 2. The summed E-state index contributed by atoms with van der Waals surface area (Å²) >= 11 is 0. The molecule has 2 aromatic carbocycles. The Morgan fingerprint density at radius 2 is 1.77 bits per heavy atom. The summed E-state index contributed by atoms with van der Waals surface area (Å²) in [7, 11) is 3.67. The highest BCUT2D eigenvalue weighted by Crippen LogP contribution is 2.27. The molecule has 1 fully saturated rings. The number of carbonyl (C=O) groups excluding carboxylic acids is 1. The van der Waals surface area contributed by atoms with Crippen LogP contribution in [0.1, 0.15) is 31.2 Å². The highest BCUT2D eigenvalue weighted by Gasteiger charge is 2.25. The van der Waals surface area contributed by atoms with Crippen molar-refractivity contribution in [3.8, 4) is 16.9 Å². The van der Waals surface area contributed by atoms with E-state index in [0.29, 0.717) is 12.6 Å². The first kappa shape index (κ1) is 18.5. The molecule has 1 amide bonds. The predicted octanol–water partition coefficient (Wildman–Crippen LogP) is 3.76. The molecule has 0 atom stereocenters. The molecular weight excluding hydrogens is 324 g/mol. The minimum atomic E-state index is 0.128. The second kappa shape index (κ2) is 8.86. The van der Waals surface area contributed by atoms with Crippen molar-refractivity contribution in [1.82, 2.24) is 10.6 Å². The molecule has 0 radical (unpaired) electrons. The van der Waals surface area contributed by atoms with E-state index in [9.17, 15) is 4.79 Å². The van der Waals surface area contributed by atoms with Crippen molar-refractivity contribution < 1.29 is 9.53 Å². The summed E-state index contributed by atoms with van der Waals surface area (Å²) in [6, 6.07) is 16.9. The molecule has 0 aliphatic heterocycles. The zero-order valence-corrected chi connectivity index (χ0v) is 15.6. The van der Waals surface area contributed by atoms with Crippen LogP contribution in [-0.2, 0) is 11.3 Å². The first-order chi connectivity index (χ1) is 12.7. The van der Waals surface area contributed by atoms with Crippen LogP contribution in [0.25, 0.3) is 11.1 Å². The van der Waals surface area contributed by atoms with Gasteiger partial charge in [0.25, 0.3) is 0 Å². The minimum absolute atomic E-state index is 0.128. The number of benzene rings is 2.